The van der Waals surface area contributed by atoms with Crippen LogP contribution in [0.4, 0.5) is 4.79 Å². The first-order valence-corrected chi connectivity index (χ1v) is 11.3. The van der Waals surface area contributed by atoms with Crippen molar-refractivity contribution in [3.05, 3.63) is 59.7 Å². The minimum atomic E-state index is -1.77. The van der Waals surface area contributed by atoms with Crippen LogP contribution in [0.3, 0.4) is 0 Å². The second-order valence-electron chi connectivity index (χ2n) is 8.39. The number of aliphatic hydroxyl groups excluding tert-OH is 4. The van der Waals surface area contributed by atoms with Crippen molar-refractivity contribution in [1.29, 1.82) is 0 Å². The summed E-state index contributed by atoms with van der Waals surface area (Å²) in [6.07, 6.45) is -8.59. The molecular formula is C24H30N2O10. The highest BCUT2D eigenvalue weighted by Gasteiger charge is 2.43. The van der Waals surface area contributed by atoms with Crippen LogP contribution in [0.2, 0.25) is 0 Å². The maximum atomic E-state index is 12.8. The molecule has 0 aromatic heterocycles. The Morgan fingerprint density at radius 2 is 1.64 bits per heavy atom. The molecule has 196 valence electrons. The lowest BCUT2D eigenvalue weighted by molar-refractivity contribution is -0.286. The second kappa shape index (κ2) is 12.5. The van der Waals surface area contributed by atoms with E-state index in [1.165, 1.54) is 12.1 Å². The molecule has 1 saturated heterocycles. The van der Waals surface area contributed by atoms with Gasteiger partial charge in [-0.3, -0.25) is 4.79 Å². The van der Waals surface area contributed by atoms with Crippen molar-refractivity contribution < 1.29 is 49.7 Å². The van der Waals surface area contributed by atoms with Gasteiger partial charge in [-0.1, -0.05) is 36.4 Å². The zero-order valence-corrected chi connectivity index (χ0v) is 19.2. The predicted octanol–water partition coefficient (Wildman–Crippen LogP) is -1.11. The molecule has 0 saturated carbocycles. The number of rotatable bonds is 9. The summed E-state index contributed by atoms with van der Waals surface area (Å²) in [5, 5.41) is 63.0. The Kier molecular flexibility index (Phi) is 9.44. The quantitative estimate of drug-likeness (QED) is 0.193. The monoisotopic (exact) mass is 506 g/mol. The topological polar surface area (TPSA) is 198 Å². The van der Waals surface area contributed by atoms with Crippen LogP contribution in [0.15, 0.2) is 48.5 Å². The highest BCUT2D eigenvalue weighted by molar-refractivity contribution is 5.85. The summed E-state index contributed by atoms with van der Waals surface area (Å²) in [6, 6.07) is 12.2. The van der Waals surface area contributed by atoms with Gasteiger partial charge in [0, 0.05) is 13.0 Å². The van der Waals surface area contributed by atoms with E-state index < -0.39 is 55.4 Å². The van der Waals surface area contributed by atoms with Crippen LogP contribution in [0.1, 0.15) is 11.1 Å². The van der Waals surface area contributed by atoms with E-state index in [0.29, 0.717) is 12.0 Å². The predicted molar refractivity (Wildman–Crippen MR) is 124 cm³/mol. The van der Waals surface area contributed by atoms with E-state index in [-0.39, 0.29) is 24.5 Å². The number of hydrogen-bond acceptors (Lipinski definition) is 10. The summed E-state index contributed by atoms with van der Waals surface area (Å²) in [7, 11) is 0. The van der Waals surface area contributed by atoms with Gasteiger partial charge in [0.25, 0.3) is 0 Å². The van der Waals surface area contributed by atoms with Gasteiger partial charge in [0.1, 0.15) is 37.1 Å². The molecule has 0 aliphatic carbocycles. The van der Waals surface area contributed by atoms with Crippen LogP contribution >= 0.6 is 0 Å². The minimum Gasteiger partial charge on any atom is -0.504 e. The largest absolute Gasteiger partial charge is 0.504 e. The molecule has 2 amide bonds. The first kappa shape index (κ1) is 27.2. The van der Waals surface area contributed by atoms with Gasteiger partial charge in [0.05, 0.1) is 0 Å². The zero-order valence-electron chi connectivity index (χ0n) is 19.2. The number of ether oxygens (including phenoxy) is 2. The van der Waals surface area contributed by atoms with E-state index in [2.05, 4.69) is 10.6 Å². The van der Waals surface area contributed by atoms with Crippen molar-refractivity contribution >= 4 is 12.0 Å². The smallest absolute Gasteiger partial charge is 0.407 e. The molecular weight excluding hydrogens is 476 g/mol. The number of carbonyl (C=O) groups excluding carboxylic acids is 2. The number of carbonyl (C=O) groups is 2. The molecule has 1 fully saturated rings. The highest BCUT2D eigenvalue weighted by Crippen LogP contribution is 2.25. The number of phenols is 2. The molecule has 2 aromatic rings. The molecule has 12 nitrogen and oxygen atoms in total. The van der Waals surface area contributed by atoms with Crippen LogP contribution in [-0.2, 0) is 27.1 Å². The van der Waals surface area contributed by atoms with Crippen LogP contribution in [-0.4, -0.2) is 92.5 Å². The molecule has 0 bridgehead atoms. The van der Waals surface area contributed by atoms with Gasteiger partial charge in [0.15, 0.2) is 17.8 Å². The van der Waals surface area contributed by atoms with E-state index in [4.69, 9.17) is 9.47 Å². The van der Waals surface area contributed by atoms with Gasteiger partial charge < -0.3 is 50.7 Å². The Labute approximate surface area is 206 Å². The van der Waals surface area contributed by atoms with Crippen molar-refractivity contribution in [3.8, 4) is 11.5 Å². The standard InChI is InChI=1S/C24H30N2O10/c27-16-7-6-14(11-17(16)28)8-9-25-22(32)15(10-13-4-2-1-3-5-13)26-24(34)35-12-18-19(29)20(30)21(31)23(33)36-18/h1-7,11,15,18-21,23,27-31,33H,8-10,12H2,(H,25,32)(H,26,34)/t15?,18-,19-,20+,21-,23?/m1/s1. The average molecular weight is 507 g/mol. The van der Waals surface area contributed by atoms with Crippen molar-refractivity contribution in [2.45, 2.75) is 49.6 Å². The first-order valence-electron chi connectivity index (χ1n) is 11.3. The van der Waals surface area contributed by atoms with Gasteiger partial charge in [-0.05, 0) is 29.7 Å². The third-order valence-corrected chi connectivity index (χ3v) is 5.71. The molecule has 12 heteroatoms. The Bertz CT molecular complexity index is 1020. The number of amides is 2. The van der Waals surface area contributed by atoms with Gasteiger partial charge in [-0.25, -0.2) is 4.79 Å². The number of nitrogens with one attached hydrogen (secondary N) is 2. The molecule has 36 heavy (non-hydrogen) atoms. The number of alkyl carbamates (subject to hydrolysis) is 1. The fourth-order valence-corrected chi connectivity index (χ4v) is 3.65. The summed E-state index contributed by atoms with van der Waals surface area (Å²) in [4.78, 5) is 25.3. The van der Waals surface area contributed by atoms with Crippen molar-refractivity contribution in [3.63, 3.8) is 0 Å². The van der Waals surface area contributed by atoms with E-state index in [1.54, 1.807) is 30.3 Å². The molecule has 1 heterocycles. The minimum absolute atomic E-state index is 0.147. The van der Waals surface area contributed by atoms with Crippen LogP contribution in [0.25, 0.3) is 0 Å². The molecule has 2 aromatic carbocycles. The number of benzene rings is 2. The van der Waals surface area contributed by atoms with Gasteiger partial charge >= 0.3 is 6.09 Å². The molecule has 8 N–H and O–H groups in total. The fraction of sp³-hybridized carbons (Fsp3) is 0.417. The van der Waals surface area contributed by atoms with Gasteiger partial charge in [0.2, 0.25) is 5.91 Å². The maximum Gasteiger partial charge on any atom is 0.407 e. The molecule has 1 aliphatic heterocycles. The third-order valence-electron chi connectivity index (χ3n) is 5.71. The summed E-state index contributed by atoms with van der Waals surface area (Å²) in [5.41, 5.74) is 1.45. The first-order chi connectivity index (χ1) is 17.2. The van der Waals surface area contributed by atoms with Crippen molar-refractivity contribution in [2.75, 3.05) is 13.2 Å². The summed E-state index contributed by atoms with van der Waals surface area (Å²) < 4.78 is 10.00. The second-order valence-corrected chi connectivity index (χ2v) is 8.39. The summed E-state index contributed by atoms with van der Waals surface area (Å²) in [5.74, 6) is -1.02. The SMILES string of the molecule is O=C(NC(Cc1ccccc1)C(=O)NCCc1ccc(O)c(O)c1)OC[C@H]1OC(O)[C@H](O)[C@@H](O)[C@@H]1O. The molecule has 6 atom stereocenters. The van der Waals surface area contributed by atoms with Crippen LogP contribution in [0.5, 0.6) is 11.5 Å². The van der Waals surface area contributed by atoms with Crippen LogP contribution in [0, 0.1) is 0 Å². The third kappa shape index (κ3) is 7.29. The van der Waals surface area contributed by atoms with Gasteiger partial charge in [-0.2, -0.15) is 0 Å². The number of aromatic hydroxyl groups is 2. The normalized spacial score (nSPS) is 24.5. The van der Waals surface area contributed by atoms with E-state index in [1.807, 2.05) is 6.07 Å². The lowest BCUT2D eigenvalue weighted by Gasteiger charge is -2.37. The van der Waals surface area contributed by atoms with E-state index in [0.717, 1.165) is 5.56 Å². The molecule has 3 rings (SSSR count). The van der Waals surface area contributed by atoms with E-state index >= 15 is 0 Å². The molecule has 1 aliphatic rings. The fourth-order valence-electron chi connectivity index (χ4n) is 3.65. The average Bonchev–Trinajstić information content (AvgIpc) is 2.86. The van der Waals surface area contributed by atoms with E-state index in [9.17, 15) is 40.2 Å². The molecule has 0 radical (unpaired) electrons. The number of hydrogen-bond donors (Lipinski definition) is 8. The Morgan fingerprint density at radius 1 is 0.917 bits per heavy atom. The Hall–Kier alpha value is -3.42. The number of phenolic OH excluding ortho intramolecular Hbond substituents is 2. The maximum absolute atomic E-state index is 12.8. The Balaban J connectivity index is 1.57. The lowest BCUT2D eigenvalue weighted by Crippen LogP contribution is -2.59. The summed E-state index contributed by atoms with van der Waals surface area (Å²) in [6.45, 7) is -0.372. The van der Waals surface area contributed by atoms with Crippen molar-refractivity contribution in [2.24, 2.45) is 0 Å². The number of aliphatic hydroxyl groups is 4. The zero-order chi connectivity index (χ0) is 26.2. The molecule has 0 spiro atoms. The van der Waals surface area contributed by atoms with Crippen molar-refractivity contribution in [1.82, 2.24) is 10.6 Å². The molecule has 2 unspecified atom stereocenters. The summed E-state index contributed by atoms with van der Waals surface area (Å²) >= 11 is 0. The lowest BCUT2D eigenvalue weighted by atomic mass is 9.99. The van der Waals surface area contributed by atoms with Crippen LogP contribution < -0.4 is 10.6 Å². The highest BCUT2D eigenvalue weighted by atomic mass is 16.7. The Morgan fingerprint density at radius 3 is 2.33 bits per heavy atom. The van der Waals surface area contributed by atoms with Gasteiger partial charge in [-0.15, -0.1) is 0 Å².